The molecule has 1 aromatic heterocycles. The lowest BCUT2D eigenvalue weighted by atomic mass is 9.85. The first-order valence-electron chi connectivity index (χ1n) is 12.9. The number of nitrogens with zero attached hydrogens (tertiary/aromatic N) is 3. The summed E-state index contributed by atoms with van der Waals surface area (Å²) in [5.41, 5.74) is 7.65. The van der Waals surface area contributed by atoms with E-state index >= 15 is 0 Å². The normalized spacial score (nSPS) is 19.7. The molecule has 5 N–H and O–H groups in total. The first kappa shape index (κ1) is 27.3. The van der Waals surface area contributed by atoms with Gasteiger partial charge in [0.1, 0.15) is 17.0 Å². The molecule has 2 amide bonds. The summed E-state index contributed by atoms with van der Waals surface area (Å²) in [5, 5.41) is 22.0. The molecule has 11 nitrogen and oxygen atoms in total. The van der Waals surface area contributed by atoms with Gasteiger partial charge in [-0.3, -0.25) is 15.0 Å². The average Bonchev–Trinajstić information content (AvgIpc) is 3.36. The number of amides is 2. The van der Waals surface area contributed by atoms with E-state index in [0.717, 1.165) is 49.1 Å². The van der Waals surface area contributed by atoms with Crippen molar-refractivity contribution in [3.8, 4) is 5.75 Å². The van der Waals surface area contributed by atoms with Crippen LogP contribution in [0.1, 0.15) is 66.8 Å². The number of carbonyl (C=O) groups is 2. The summed E-state index contributed by atoms with van der Waals surface area (Å²) >= 11 is 0. The van der Waals surface area contributed by atoms with Crippen LogP contribution in [-0.2, 0) is 11.3 Å². The van der Waals surface area contributed by atoms with Gasteiger partial charge in [0.05, 0.1) is 7.11 Å². The summed E-state index contributed by atoms with van der Waals surface area (Å²) in [6, 6.07) is 11.2. The van der Waals surface area contributed by atoms with Crippen LogP contribution < -0.4 is 26.3 Å². The van der Waals surface area contributed by atoms with Crippen LogP contribution in [0, 0.1) is 12.8 Å². The Labute approximate surface area is 223 Å². The van der Waals surface area contributed by atoms with E-state index in [0.29, 0.717) is 29.7 Å². The number of ether oxygens (including phenoxy) is 1. The van der Waals surface area contributed by atoms with Crippen molar-refractivity contribution in [2.24, 2.45) is 11.0 Å². The smallest absolute Gasteiger partial charge is 0.270 e. The molecule has 0 unspecified atom stereocenters. The minimum atomic E-state index is -1.37. The number of hydrogen-bond acceptors (Lipinski definition) is 9. The lowest BCUT2D eigenvalue weighted by Gasteiger charge is -2.32. The highest BCUT2D eigenvalue weighted by Crippen LogP contribution is 2.25. The third kappa shape index (κ3) is 7.20. The van der Waals surface area contributed by atoms with Gasteiger partial charge in [-0.1, -0.05) is 12.1 Å². The standard InChI is InChI=1S/C27H37N7O4/c1-17-12-20(14-23(29-17)25(35)28-15-19-6-5-7-22(13-19)38-4)24-31-33-34(32-24)16-18-8-10-21(11-9-18)30-26(36)27(2,3)37/h5-7,12-14,18,21,33,37H,8-11,15-16H2,1-4H3,(H,28,35)(H,30,36)(H,31,32). The van der Waals surface area contributed by atoms with Gasteiger partial charge in [-0.25, -0.2) is 10.5 Å². The summed E-state index contributed by atoms with van der Waals surface area (Å²) in [4.78, 5) is 29.3. The Morgan fingerprint density at radius 3 is 2.66 bits per heavy atom. The highest BCUT2D eigenvalue weighted by atomic mass is 16.5. The average molecular weight is 524 g/mol. The summed E-state index contributed by atoms with van der Waals surface area (Å²) < 4.78 is 5.24. The van der Waals surface area contributed by atoms with E-state index in [-0.39, 0.29) is 17.9 Å². The van der Waals surface area contributed by atoms with Gasteiger partial charge >= 0.3 is 0 Å². The summed E-state index contributed by atoms with van der Waals surface area (Å²) in [6.45, 7) is 5.94. The van der Waals surface area contributed by atoms with Gasteiger partial charge < -0.3 is 20.5 Å². The van der Waals surface area contributed by atoms with Gasteiger partial charge in [0.15, 0.2) is 5.84 Å². The van der Waals surface area contributed by atoms with Crippen molar-refractivity contribution in [2.75, 3.05) is 13.7 Å². The summed E-state index contributed by atoms with van der Waals surface area (Å²) in [6.07, 6.45) is 3.65. The number of methoxy groups -OCH3 is 1. The Bertz CT molecular complexity index is 1190. The van der Waals surface area contributed by atoms with E-state index in [1.165, 1.54) is 13.8 Å². The monoisotopic (exact) mass is 523 g/mol. The second kappa shape index (κ2) is 11.8. The second-order valence-corrected chi connectivity index (χ2v) is 10.4. The molecule has 0 spiro atoms. The summed E-state index contributed by atoms with van der Waals surface area (Å²) in [7, 11) is 1.61. The van der Waals surface area contributed by atoms with Gasteiger partial charge in [-0.05, 0) is 82.2 Å². The van der Waals surface area contributed by atoms with Crippen molar-refractivity contribution >= 4 is 17.6 Å². The van der Waals surface area contributed by atoms with Gasteiger partial charge in [0.2, 0.25) is 0 Å². The van der Waals surface area contributed by atoms with E-state index < -0.39 is 5.60 Å². The van der Waals surface area contributed by atoms with Crippen LogP contribution in [0.4, 0.5) is 0 Å². The molecule has 38 heavy (non-hydrogen) atoms. The van der Waals surface area contributed by atoms with Crippen LogP contribution in [0.5, 0.6) is 5.75 Å². The number of hydrazine groups is 2. The maximum atomic E-state index is 12.8. The Morgan fingerprint density at radius 1 is 1.18 bits per heavy atom. The molecule has 2 aliphatic rings. The molecule has 0 radical (unpaired) electrons. The zero-order valence-electron chi connectivity index (χ0n) is 22.4. The third-order valence-corrected chi connectivity index (χ3v) is 6.75. The largest absolute Gasteiger partial charge is 0.497 e. The number of benzene rings is 1. The first-order valence-corrected chi connectivity index (χ1v) is 12.9. The predicted molar refractivity (Wildman–Crippen MR) is 143 cm³/mol. The van der Waals surface area contributed by atoms with E-state index in [2.05, 4.69) is 31.7 Å². The van der Waals surface area contributed by atoms with E-state index in [4.69, 9.17) is 4.74 Å². The quantitative estimate of drug-likeness (QED) is 0.335. The topological polar surface area (TPSA) is 140 Å². The van der Waals surface area contributed by atoms with Crippen molar-refractivity contribution in [1.82, 2.24) is 31.7 Å². The number of rotatable bonds is 9. The highest BCUT2D eigenvalue weighted by Gasteiger charge is 2.30. The van der Waals surface area contributed by atoms with Crippen LogP contribution in [0.25, 0.3) is 0 Å². The second-order valence-electron chi connectivity index (χ2n) is 10.4. The van der Waals surface area contributed by atoms with Crippen LogP contribution in [0.15, 0.2) is 41.5 Å². The first-order chi connectivity index (χ1) is 18.1. The molecule has 204 valence electrons. The molecule has 1 aliphatic heterocycles. The molecule has 0 atom stereocenters. The van der Waals surface area contributed by atoms with Gasteiger partial charge in [-0.2, -0.15) is 0 Å². The molecule has 1 aliphatic carbocycles. The predicted octanol–water partition coefficient (Wildman–Crippen LogP) is 1.76. The number of aliphatic hydroxyl groups is 1. The number of hydrazone groups is 1. The van der Waals surface area contributed by atoms with Gasteiger partial charge in [0.25, 0.3) is 11.8 Å². The Balaban J connectivity index is 1.28. The highest BCUT2D eigenvalue weighted by molar-refractivity contribution is 6.01. The number of amidine groups is 1. The fraction of sp³-hybridized carbons (Fsp3) is 0.481. The molecule has 11 heteroatoms. The lowest BCUT2D eigenvalue weighted by Crippen LogP contribution is -2.49. The number of carbonyl (C=O) groups excluding carboxylic acids is 2. The van der Waals surface area contributed by atoms with Crippen molar-refractivity contribution in [1.29, 1.82) is 0 Å². The van der Waals surface area contributed by atoms with Crippen molar-refractivity contribution in [3.05, 3.63) is 58.9 Å². The minimum Gasteiger partial charge on any atom is -0.497 e. The van der Waals surface area contributed by atoms with Crippen LogP contribution in [0.2, 0.25) is 0 Å². The maximum Gasteiger partial charge on any atom is 0.270 e. The zero-order chi connectivity index (χ0) is 27.3. The molecule has 0 bridgehead atoms. The molecular weight excluding hydrogens is 486 g/mol. The number of hydrogen-bond donors (Lipinski definition) is 5. The Kier molecular flexibility index (Phi) is 8.48. The summed E-state index contributed by atoms with van der Waals surface area (Å²) in [5.74, 6) is 1.18. The maximum absolute atomic E-state index is 12.8. The minimum absolute atomic E-state index is 0.0877. The van der Waals surface area contributed by atoms with Crippen LogP contribution >= 0.6 is 0 Å². The molecule has 0 saturated heterocycles. The molecule has 4 rings (SSSR count). The van der Waals surface area contributed by atoms with Crippen molar-refractivity contribution < 1.29 is 19.4 Å². The third-order valence-electron chi connectivity index (χ3n) is 6.75. The number of pyridine rings is 1. The lowest BCUT2D eigenvalue weighted by molar-refractivity contribution is -0.137. The van der Waals surface area contributed by atoms with E-state index in [1.807, 2.05) is 42.4 Å². The fourth-order valence-corrected chi connectivity index (χ4v) is 4.59. The molecular formula is C27H37N7O4. The fourth-order valence-electron chi connectivity index (χ4n) is 4.59. The molecule has 2 aromatic rings. The number of aryl methyl sites for hydroxylation is 1. The molecule has 2 heterocycles. The zero-order valence-corrected chi connectivity index (χ0v) is 22.4. The van der Waals surface area contributed by atoms with Gasteiger partial charge in [0, 0.05) is 30.4 Å². The molecule has 1 aromatic carbocycles. The van der Waals surface area contributed by atoms with Crippen molar-refractivity contribution in [3.63, 3.8) is 0 Å². The molecule has 1 saturated carbocycles. The van der Waals surface area contributed by atoms with Crippen molar-refractivity contribution in [2.45, 2.75) is 64.6 Å². The number of aromatic nitrogens is 1. The van der Waals surface area contributed by atoms with E-state index in [1.54, 1.807) is 13.2 Å². The van der Waals surface area contributed by atoms with Gasteiger partial charge in [-0.15, -0.1) is 10.2 Å². The number of nitrogens with one attached hydrogen (secondary N) is 4. The Morgan fingerprint density at radius 2 is 1.95 bits per heavy atom. The van der Waals surface area contributed by atoms with Crippen LogP contribution in [-0.4, -0.2) is 58.2 Å². The van der Waals surface area contributed by atoms with Crippen LogP contribution in [0.3, 0.4) is 0 Å². The van der Waals surface area contributed by atoms with E-state index in [9.17, 15) is 14.7 Å². The Hall–Kier alpha value is -3.70. The SMILES string of the molecule is COc1cccc(CNC(=O)c2cc(C3=NNN(CC4CCC(NC(=O)C(C)(C)O)CC4)N3)cc(C)n2)c1. The molecule has 1 fully saturated rings.